The van der Waals surface area contributed by atoms with Crippen LogP contribution in [0.4, 0.5) is 0 Å². The number of phenols is 1. The van der Waals surface area contributed by atoms with Crippen LogP contribution >= 0.6 is 0 Å². The maximum Gasteiger partial charge on any atom is 0.339 e. The summed E-state index contributed by atoms with van der Waals surface area (Å²) >= 11 is 0. The molecule has 34 heavy (non-hydrogen) atoms. The molecule has 0 heterocycles. The second-order valence-corrected chi connectivity index (χ2v) is 9.96. The van der Waals surface area contributed by atoms with Crippen LogP contribution in [0.2, 0.25) is 0 Å². The van der Waals surface area contributed by atoms with Gasteiger partial charge in [-0.2, -0.15) is 0 Å². The first-order chi connectivity index (χ1) is 16.0. The molecule has 0 saturated heterocycles. The molecular weight excluding hydrogens is 432 g/mol. The number of hydrogen-bond acceptors (Lipinski definition) is 5. The lowest BCUT2D eigenvalue weighted by molar-refractivity contribution is 0.0693. The van der Waals surface area contributed by atoms with Gasteiger partial charge in [-0.25, -0.2) is 4.79 Å². The number of carbonyl (C=O) groups is 1. The van der Waals surface area contributed by atoms with E-state index in [4.69, 9.17) is 14.6 Å². The smallest absolute Gasteiger partial charge is 0.339 e. The van der Waals surface area contributed by atoms with Gasteiger partial charge in [0.05, 0.1) is 6.61 Å². The molecule has 0 amide bonds. The highest BCUT2D eigenvalue weighted by Crippen LogP contribution is 2.50. The van der Waals surface area contributed by atoms with Crippen molar-refractivity contribution in [2.75, 3.05) is 19.8 Å². The van der Waals surface area contributed by atoms with Crippen molar-refractivity contribution in [1.29, 1.82) is 0 Å². The summed E-state index contributed by atoms with van der Waals surface area (Å²) in [4.78, 5) is 11.1. The van der Waals surface area contributed by atoms with E-state index in [2.05, 4.69) is 39.5 Å². The Hall–Kier alpha value is -3.01. The van der Waals surface area contributed by atoms with Crippen molar-refractivity contribution in [2.45, 2.75) is 64.4 Å². The van der Waals surface area contributed by atoms with Gasteiger partial charge in [0.15, 0.2) is 0 Å². The van der Waals surface area contributed by atoms with Crippen molar-refractivity contribution in [1.82, 2.24) is 0 Å². The first-order valence-electron chi connectivity index (χ1n) is 11.6. The molecular formula is C28H34O6. The van der Waals surface area contributed by atoms with Crippen LogP contribution in [0.15, 0.2) is 30.3 Å². The maximum atomic E-state index is 11.1. The molecule has 1 unspecified atom stereocenters. The van der Waals surface area contributed by atoms with Crippen molar-refractivity contribution in [3.63, 3.8) is 0 Å². The number of aromatic carboxylic acids is 1. The largest absolute Gasteiger partial charge is 0.507 e. The predicted octanol–water partition coefficient (Wildman–Crippen LogP) is 4.94. The second kappa shape index (κ2) is 10.1. The summed E-state index contributed by atoms with van der Waals surface area (Å²) in [7, 11) is 0. The van der Waals surface area contributed by atoms with Crippen LogP contribution in [0.3, 0.4) is 0 Å². The molecule has 182 valence electrons. The van der Waals surface area contributed by atoms with Gasteiger partial charge in [0.25, 0.3) is 0 Å². The van der Waals surface area contributed by atoms with Crippen LogP contribution in [-0.4, -0.2) is 41.1 Å². The summed E-state index contributed by atoms with van der Waals surface area (Å²) in [5, 5.41) is 29.9. The molecule has 6 heteroatoms. The third kappa shape index (κ3) is 5.55. The standard InChI is InChI=1S/C28H34O6/c1-6-33-13-14-34-24-17-19(16-21-25(24)28(4,5)12-11-27(21,2)3)22(29)10-8-18-7-9-20(26(31)32)23(30)15-18/h7,9,15-17,22,29-30H,6,11-14H2,1-5H3,(H,31,32). The van der Waals surface area contributed by atoms with E-state index in [0.717, 1.165) is 24.2 Å². The summed E-state index contributed by atoms with van der Waals surface area (Å²) in [6, 6.07) is 7.96. The van der Waals surface area contributed by atoms with E-state index >= 15 is 0 Å². The number of fused-ring (bicyclic) bond motifs is 1. The Morgan fingerprint density at radius 3 is 2.44 bits per heavy atom. The molecule has 1 atom stereocenters. The predicted molar refractivity (Wildman–Crippen MR) is 131 cm³/mol. The molecule has 0 saturated carbocycles. The molecule has 0 radical (unpaired) electrons. The number of aliphatic hydroxyl groups is 1. The topological polar surface area (TPSA) is 96.2 Å². The Bertz CT molecular complexity index is 1120. The van der Waals surface area contributed by atoms with Gasteiger partial charge in [-0.3, -0.25) is 0 Å². The molecule has 6 nitrogen and oxygen atoms in total. The fraction of sp³-hybridized carbons (Fsp3) is 0.464. The Labute approximate surface area is 201 Å². The number of carboxylic acids is 1. The second-order valence-electron chi connectivity index (χ2n) is 9.96. The molecule has 2 aromatic rings. The van der Waals surface area contributed by atoms with E-state index in [1.54, 1.807) is 0 Å². The zero-order valence-corrected chi connectivity index (χ0v) is 20.6. The van der Waals surface area contributed by atoms with Crippen molar-refractivity contribution in [2.24, 2.45) is 0 Å². The molecule has 0 aromatic heterocycles. The number of rotatable bonds is 7. The van der Waals surface area contributed by atoms with Gasteiger partial charge in [-0.1, -0.05) is 45.6 Å². The average Bonchev–Trinajstić information content (AvgIpc) is 2.77. The number of aliphatic hydroxyl groups excluding tert-OH is 1. The molecule has 0 spiro atoms. The Balaban J connectivity index is 1.99. The minimum absolute atomic E-state index is 0.0651. The van der Waals surface area contributed by atoms with Crippen LogP contribution in [-0.2, 0) is 15.6 Å². The SMILES string of the molecule is CCOCCOc1cc(C(O)C#Cc2ccc(C(=O)O)c(O)c2)cc2c1C(C)(C)CCC2(C)C. The number of benzene rings is 2. The summed E-state index contributed by atoms with van der Waals surface area (Å²) in [6.07, 6.45) is 0.972. The van der Waals surface area contributed by atoms with Crippen LogP contribution in [0.25, 0.3) is 0 Å². The lowest BCUT2D eigenvalue weighted by atomic mass is 9.62. The van der Waals surface area contributed by atoms with Gasteiger partial charge in [0.2, 0.25) is 0 Å². The van der Waals surface area contributed by atoms with Gasteiger partial charge in [-0.15, -0.1) is 0 Å². The highest BCUT2D eigenvalue weighted by Gasteiger charge is 2.40. The highest BCUT2D eigenvalue weighted by atomic mass is 16.5. The van der Waals surface area contributed by atoms with Gasteiger partial charge in [0.1, 0.15) is 29.8 Å². The van der Waals surface area contributed by atoms with Crippen molar-refractivity contribution in [3.8, 4) is 23.3 Å². The molecule has 0 aliphatic heterocycles. The summed E-state index contributed by atoms with van der Waals surface area (Å²) < 4.78 is 11.6. The quantitative estimate of drug-likeness (QED) is 0.395. The zero-order valence-electron chi connectivity index (χ0n) is 20.6. The molecule has 0 fully saturated rings. The summed E-state index contributed by atoms with van der Waals surface area (Å²) in [6.45, 7) is 12.3. The normalized spacial score (nSPS) is 16.6. The van der Waals surface area contributed by atoms with Crippen LogP contribution in [0, 0.1) is 11.8 Å². The van der Waals surface area contributed by atoms with Gasteiger partial charge < -0.3 is 24.8 Å². The Morgan fingerprint density at radius 2 is 1.79 bits per heavy atom. The summed E-state index contributed by atoms with van der Waals surface area (Å²) in [5.41, 5.74) is 3.02. The third-order valence-electron chi connectivity index (χ3n) is 6.49. The van der Waals surface area contributed by atoms with Crippen molar-refractivity contribution >= 4 is 5.97 Å². The van der Waals surface area contributed by atoms with E-state index in [1.807, 2.05) is 19.1 Å². The van der Waals surface area contributed by atoms with Gasteiger partial charge in [0, 0.05) is 17.7 Å². The first kappa shape index (κ1) is 25.6. The number of aromatic hydroxyl groups is 1. The summed E-state index contributed by atoms with van der Waals surface area (Å²) in [5.74, 6) is 4.81. The zero-order chi connectivity index (χ0) is 25.1. The fourth-order valence-electron chi connectivity index (χ4n) is 4.41. The van der Waals surface area contributed by atoms with Crippen molar-refractivity contribution in [3.05, 3.63) is 58.1 Å². The molecule has 1 aliphatic rings. The highest BCUT2D eigenvalue weighted by molar-refractivity contribution is 5.90. The van der Waals surface area contributed by atoms with Crippen LogP contribution in [0.5, 0.6) is 11.5 Å². The van der Waals surface area contributed by atoms with E-state index < -0.39 is 12.1 Å². The molecule has 1 aliphatic carbocycles. The lowest BCUT2D eigenvalue weighted by Crippen LogP contribution is -2.34. The first-order valence-corrected chi connectivity index (χ1v) is 11.6. The van der Waals surface area contributed by atoms with Gasteiger partial charge in [-0.05, 0) is 66.0 Å². The fourth-order valence-corrected chi connectivity index (χ4v) is 4.41. The average molecular weight is 467 g/mol. The third-order valence-corrected chi connectivity index (χ3v) is 6.49. The van der Waals surface area contributed by atoms with Gasteiger partial charge >= 0.3 is 5.97 Å². The molecule has 3 rings (SSSR count). The monoisotopic (exact) mass is 466 g/mol. The maximum absolute atomic E-state index is 11.1. The Morgan fingerprint density at radius 1 is 1.09 bits per heavy atom. The minimum Gasteiger partial charge on any atom is -0.507 e. The van der Waals surface area contributed by atoms with Crippen molar-refractivity contribution < 1.29 is 29.6 Å². The van der Waals surface area contributed by atoms with Crippen LogP contribution in [0.1, 0.15) is 86.2 Å². The van der Waals surface area contributed by atoms with E-state index in [0.29, 0.717) is 30.9 Å². The molecule has 3 N–H and O–H groups in total. The van der Waals surface area contributed by atoms with E-state index in [-0.39, 0.29) is 22.1 Å². The van der Waals surface area contributed by atoms with Crippen LogP contribution < -0.4 is 4.74 Å². The minimum atomic E-state index is -1.21. The molecule has 2 aromatic carbocycles. The Kier molecular flexibility index (Phi) is 7.60. The van der Waals surface area contributed by atoms with E-state index in [9.17, 15) is 15.0 Å². The van der Waals surface area contributed by atoms with E-state index in [1.165, 1.54) is 23.8 Å². The number of hydrogen-bond donors (Lipinski definition) is 3. The number of carboxylic acid groups (broad SMARTS) is 1. The lowest BCUT2D eigenvalue weighted by Gasteiger charge is -2.43. The number of ether oxygens (including phenoxy) is 2. The molecule has 0 bridgehead atoms.